The number of benzene rings is 7. The molecule has 0 saturated heterocycles. The SMILES string of the molecule is CCCCCCCCC1(CCCCCCCC)c2cc(-c3cc4ccccc4c4ccccc34)ccc2-c2ccc(N(c3ccc(Cl)cc3)c3ccc(Cl)cc3)cc21. The first kappa shape index (κ1) is 40.2. The summed E-state index contributed by atoms with van der Waals surface area (Å²) in [6.07, 6.45) is 17.8. The summed E-state index contributed by atoms with van der Waals surface area (Å²) >= 11 is 12.9. The highest BCUT2D eigenvalue weighted by atomic mass is 35.5. The summed E-state index contributed by atoms with van der Waals surface area (Å²) < 4.78 is 0. The standard InChI is InChI=1S/C55H57Cl2N/c1-3-5-7-9-11-17-35-55(36-18-12-10-8-6-4-2)53-38-41(52-37-40-19-13-14-20-47(40)48-21-15-16-22-49(48)52)23-33-50(53)51-34-32-46(39-54(51)55)58(44-28-24-42(56)25-29-44)45-30-26-43(57)27-31-45/h13-16,19-34,37-39H,3-12,17-18,35-36H2,1-2H3. The molecular weight excluding hydrogens is 746 g/mol. The molecule has 58 heavy (non-hydrogen) atoms. The van der Waals surface area contributed by atoms with Crippen molar-refractivity contribution in [1.29, 1.82) is 0 Å². The van der Waals surface area contributed by atoms with E-state index < -0.39 is 0 Å². The second-order valence-corrected chi connectivity index (χ2v) is 17.5. The van der Waals surface area contributed by atoms with Gasteiger partial charge in [0.1, 0.15) is 0 Å². The maximum absolute atomic E-state index is 6.45. The lowest BCUT2D eigenvalue weighted by Crippen LogP contribution is -2.26. The van der Waals surface area contributed by atoms with Crippen LogP contribution in [0.2, 0.25) is 10.0 Å². The first-order chi connectivity index (χ1) is 28.5. The molecule has 0 fully saturated rings. The van der Waals surface area contributed by atoms with E-state index in [1.165, 1.54) is 132 Å². The Kier molecular flexibility index (Phi) is 12.9. The lowest BCUT2D eigenvalue weighted by atomic mass is 9.70. The molecule has 0 bridgehead atoms. The molecule has 0 aromatic heterocycles. The summed E-state index contributed by atoms with van der Waals surface area (Å²) in [4.78, 5) is 2.36. The van der Waals surface area contributed by atoms with Crippen molar-refractivity contribution in [1.82, 2.24) is 0 Å². The fourth-order valence-electron chi connectivity index (χ4n) is 9.79. The molecule has 0 unspecified atom stereocenters. The lowest BCUT2D eigenvalue weighted by molar-refractivity contribution is 0.398. The van der Waals surface area contributed by atoms with Crippen LogP contribution in [0.25, 0.3) is 43.8 Å². The minimum absolute atomic E-state index is 0.0927. The number of rotatable bonds is 18. The van der Waals surface area contributed by atoms with Crippen molar-refractivity contribution in [2.24, 2.45) is 0 Å². The quantitative estimate of drug-likeness (QED) is 0.0617. The first-order valence-corrected chi connectivity index (χ1v) is 22.8. The van der Waals surface area contributed by atoms with Crippen molar-refractivity contribution in [2.45, 2.75) is 109 Å². The number of halogens is 2. The van der Waals surface area contributed by atoms with Crippen LogP contribution in [0.15, 0.2) is 140 Å². The van der Waals surface area contributed by atoms with Gasteiger partial charge in [-0.25, -0.2) is 0 Å². The molecule has 8 rings (SSSR count). The molecule has 1 aliphatic rings. The smallest absolute Gasteiger partial charge is 0.0465 e. The van der Waals surface area contributed by atoms with Gasteiger partial charge in [0.25, 0.3) is 0 Å². The summed E-state index contributed by atoms with van der Waals surface area (Å²) in [7, 11) is 0. The zero-order chi connectivity index (χ0) is 39.9. The summed E-state index contributed by atoms with van der Waals surface area (Å²) in [5, 5.41) is 6.71. The molecule has 0 N–H and O–H groups in total. The molecule has 0 radical (unpaired) electrons. The highest BCUT2D eigenvalue weighted by Crippen LogP contribution is 2.56. The minimum Gasteiger partial charge on any atom is -0.310 e. The second-order valence-electron chi connectivity index (χ2n) is 16.6. The van der Waals surface area contributed by atoms with Gasteiger partial charge in [0.05, 0.1) is 0 Å². The van der Waals surface area contributed by atoms with Crippen LogP contribution in [0.5, 0.6) is 0 Å². The average molecular weight is 803 g/mol. The van der Waals surface area contributed by atoms with Crippen molar-refractivity contribution in [3.05, 3.63) is 161 Å². The highest BCUT2D eigenvalue weighted by molar-refractivity contribution is 6.31. The number of unbranched alkanes of at least 4 members (excludes halogenated alkanes) is 10. The average Bonchev–Trinajstić information content (AvgIpc) is 3.52. The summed E-state index contributed by atoms with van der Waals surface area (Å²) in [5.74, 6) is 0. The van der Waals surface area contributed by atoms with Gasteiger partial charge in [-0.05, 0) is 141 Å². The van der Waals surface area contributed by atoms with Crippen molar-refractivity contribution in [3.63, 3.8) is 0 Å². The Morgan fingerprint density at radius 2 is 0.897 bits per heavy atom. The van der Waals surface area contributed by atoms with Crippen LogP contribution in [0.4, 0.5) is 17.1 Å². The maximum Gasteiger partial charge on any atom is 0.0465 e. The lowest BCUT2D eigenvalue weighted by Gasteiger charge is -2.34. The number of fused-ring (bicyclic) bond motifs is 6. The Balaban J connectivity index is 1.29. The van der Waals surface area contributed by atoms with Crippen LogP contribution in [0.1, 0.15) is 115 Å². The van der Waals surface area contributed by atoms with Gasteiger partial charge >= 0.3 is 0 Å². The Morgan fingerprint density at radius 1 is 0.414 bits per heavy atom. The van der Waals surface area contributed by atoms with Gasteiger partial charge in [0, 0.05) is 32.5 Å². The number of nitrogens with zero attached hydrogens (tertiary/aromatic N) is 1. The van der Waals surface area contributed by atoms with Crippen LogP contribution in [0.3, 0.4) is 0 Å². The summed E-state index contributed by atoms with van der Waals surface area (Å²) in [6.45, 7) is 4.63. The fourth-order valence-corrected chi connectivity index (χ4v) is 10.0. The molecule has 1 nitrogen and oxygen atoms in total. The summed E-state index contributed by atoms with van der Waals surface area (Å²) in [6, 6.07) is 51.5. The minimum atomic E-state index is -0.0927. The largest absolute Gasteiger partial charge is 0.310 e. The predicted octanol–water partition coefficient (Wildman–Crippen LogP) is 18.2. The molecular formula is C55H57Cl2N. The molecule has 7 aromatic rings. The Morgan fingerprint density at radius 3 is 1.50 bits per heavy atom. The zero-order valence-corrected chi connectivity index (χ0v) is 35.9. The van der Waals surface area contributed by atoms with Gasteiger partial charge in [0.15, 0.2) is 0 Å². The van der Waals surface area contributed by atoms with Gasteiger partial charge < -0.3 is 4.90 Å². The van der Waals surface area contributed by atoms with Crippen molar-refractivity contribution in [3.8, 4) is 22.3 Å². The topological polar surface area (TPSA) is 3.24 Å². The normalized spacial score (nSPS) is 12.9. The number of hydrogen-bond acceptors (Lipinski definition) is 1. The molecule has 3 heteroatoms. The van der Waals surface area contributed by atoms with Crippen LogP contribution in [-0.2, 0) is 5.41 Å². The molecule has 0 heterocycles. The van der Waals surface area contributed by atoms with E-state index in [-0.39, 0.29) is 5.41 Å². The summed E-state index contributed by atoms with van der Waals surface area (Å²) in [5.41, 5.74) is 11.6. The third-order valence-electron chi connectivity index (χ3n) is 12.8. The van der Waals surface area contributed by atoms with E-state index in [1.807, 2.05) is 24.3 Å². The van der Waals surface area contributed by atoms with Crippen molar-refractivity contribution in [2.75, 3.05) is 4.90 Å². The molecule has 7 aromatic carbocycles. The van der Waals surface area contributed by atoms with E-state index in [1.54, 1.807) is 0 Å². The van der Waals surface area contributed by atoms with Crippen molar-refractivity contribution >= 4 is 61.8 Å². The second kappa shape index (κ2) is 18.6. The molecule has 296 valence electrons. The van der Waals surface area contributed by atoms with E-state index in [0.717, 1.165) is 39.9 Å². The van der Waals surface area contributed by atoms with Crippen LogP contribution in [-0.4, -0.2) is 0 Å². The van der Waals surface area contributed by atoms with Crippen LogP contribution in [0, 0.1) is 0 Å². The maximum atomic E-state index is 6.45. The van der Waals surface area contributed by atoms with Gasteiger partial charge in [-0.15, -0.1) is 0 Å². The highest BCUT2D eigenvalue weighted by Gasteiger charge is 2.43. The van der Waals surface area contributed by atoms with Gasteiger partial charge in [-0.3, -0.25) is 0 Å². The van der Waals surface area contributed by atoms with E-state index in [4.69, 9.17) is 23.2 Å². The Hall–Kier alpha value is -4.56. The Bertz CT molecular complexity index is 2400. The monoisotopic (exact) mass is 801 g/mol. The van der Waals surface area contributed by atoms with E-state index in [0.29, 0.717) is 0 Å². The van der Waals surface area contributed by atoms with Crippen molar-refractivity contribution < 1.29 is 0 Å². The molecule has 0 saturated carbocycles. The van der Waals surface area contributed by atoms with Crippen LogP contribution >= 0.6 is 23.2 Å². The van der Waals surface area contributed by atoms with E-state index in [2.05, 4.69) is 134 Å². The number of anilines is 3. The van der Waals surface area contributed by atoms with Gasteiger partial charge in [-0.2, -0.15) is 0 Å². The molecule has 0 spiro atoms. The molecule has 0 aliphatic heterocycles. The molecule has 0 amide bonds. The molecule has 0 atom stereocenters. The van der Waals surface area contributed by atoms with Gasteiger partial charge in [0.2, 0.25) is 0 Å². The third-order valence-corrected chi connectivity index (χ3v) is 13.3. The predicted molar refractivity (Wildman–Crippen MR) is 254 cm³/mol. The van der Waals surface area contributed by atoms with Crippen LogP contribution < -0.4 is 4.90 Å². The third kappa shape index (κ3) is 8.32. The van der Waals surface area contributed by atoms with E-state index >= 15 is 0 Å². The zero-order valence-electron chi connectivity index (χ0n) is 34.4. The van der Waals surface area contributed by atoms with Gasteiger partial charge in [-0.1, -0.05) is 181 Å². The number of hydrogen-bond donors (Lipinski definition) is 0. The first-order valence-electron chi connectivity index (χ1n) is 22.0. The van der Waals surface area contributed by atoms with E-state index in [9.17, 15) is 0 Å². The Labute approximate surface area is 357 Å². The fraction of sp³-hybridized carbons (Fsp3) is 0.309. The molecule has 1 aliphatic carbocycles.